The predicted molar refractivity (Wildman–Crippen MR) is 102 cm³/mol. The van der Waals surface area contributed by atoms with Gasteiger partial charge in [-0.1, -0.05) is 6.42 Å². The van der Waals surface area contributed by atoms with Crippen LogP contribution in [0.1, 0.15) is 38.2 Å². The zero-order chi connectivity index (χ0) is 17.7. The highest BCUT2D eigenvalue weighted by Gasteiger charge is 2.43. The van der Waals surface area contributed by atoms with Crippen LogP contribution in [0.5, 0.6) is 11.5 Å². The van der Waals surface area contributed by atoms with E-state index in [1.54, 1.807) is 14.2 Å². The molecular formula is C20H31N3O2. The van der Waals surface area contributed by atoms with Crippen molar-refractivity contribution in [2.45, 2.75) is 39.0 Å². The minimum atomic E-state index is 0.589. The van der Waals surface area contributed by atoms with Crippen LogP contribution in [0.25, 0.3) is 0 Å². The maximum Gasteiger partial charge on any atom is 0.193 e. The van der Waals surface area contributed by atoms with Gasteiger partial charge in [0.1, 0.15) is 11.5 Å². The molecule has 1 N–H and O–H groups in total. The number of nitrogens with one attached hydrogen (secondary N) is 1. The molecule has 5 heteroatoms. The highest BCUT2D eigenvalue weighted by molar-refractivity contribution is 5.80. The summed E-state index contributed by atoms with van der Waals surface area (Å²) >= 11 is 0. The average molecular weight is 345 g/mol. The van der Waals surface area contributed by atoms with Gasteiger partial charge >= 0.3 is 0 Å². The summed E-state index contributed by atoms with van der Waals surface area (Å²) in [5.74, 6) is 2.82. The first-order valence-electron chi connectivity index (χ1n) is 9.44. The molecule has 1 aromatic carbocycles. The Kier molecular flexibility index (Phi) is 5.71. The molecule has 5 nitrogen and oxygen atoms in total. The molecule has 3 rings (SSSR count). The summed E-state index contributed by atoms with van der Waals surface area (Å²) < 4.78 is 10.8. The molecule has 1 saturated carbocycles. The van der Waals surface area contributed by atoms with Crippen LogP contribution in [0.2, 0.25) is 0 Å². The standard InChI is InChI=1S/C20H31N3O2/c1-4-21-19(23-13-11-20(15-23)9-5-10-20)22-12-8-16-14-17(24-2)6-7-18(16)25-3/h6-7,14H,4-5,8-13,15H2,1-3H3,(H,21,22). The molecule has 1 heterocycles. The molecular weight excluding hydrogens is 314 g/mol. The van der Waals surface area contributed by atoms with Gasteiger partial charge in [0.2, 0.25) is 0 Å². The summed E-state index contributed by atoms with van der Waals surface area (Å²) in [5.41, 5.74) is 1.73. The number of ether oxygens (including phenoxy) is 2. The van der Waals surface area contributed by atoms with Crippen LogP contribution in [-0.4, -0.2) is 51.3 Å². The first-order chi connectivity index (χ1) is 12.2. The first kappa shape index (κ1) is 17.9. The van der Waals surface area contributed by atoms with Crippen LogP contribution >= 0.6 is 0 Å². The smallest absolute Gasteiger partial charge is 0.193 e. The number of aliphatic imine (C=N–C) groups is 1. The van der Waals surface area contributed by atoms with Gasteiger partial charge in [0.15, 0.2) is 5.96 Å². The van der Waals surface area contributed by atoms with Gasteiger partial charge in [0.05, 0.1) is 14.2 Å². The van der Waals surface area contributed by atoms with Gasteiger partial charge in [-0.25, -0.2) is 0 Å². The lowest BCUT2D eigenvalue weighted by atomic mass is 9.68. The van der Waals surface area contributed by atoms with Crippen molar-refractivity contribution in [3.05, 3.63) is 23.8 Å². The van der Waals surface area contributed by atoms with E-state index >= 15 is 0 Å². The fourth-order valence-electron chi connectivity index (χ4n) is 3.99. The molecule has 0 atom stereocenters. The number of hydrogen-bond donors (Lipinski definition) is 1. The fourth-order valence-corrected chi connectivity index (χ4v) is 3.99. The van der Waals surface area contributed by atoms with Crippen molar-refractivity contribution in [3.8, 4) is 11.5 Å². The lowest BCUT2D eigenvalue weighted by Crippen LogP contribution is -2.42. The van der Waals surface area contributed by atoms with Gasteiger partial charge in [-0.05, 0) is 61.8 Å². The predicted octanol–water partition coefficient (Wildman–Crippen LogP) is 3.09. The van der Waals surface area contributed by atoms with Crippen molar-refractivity contribution >= 4 is 5.96 Å². The lowest BCUT2D eigenvalue weighted by Gasteiger charge is -2.38. The largest absolute Gasteiger partial charge is 0.497 e. The average Bonchev–Trinajstić information content (AvgIpc) is 3.07. The van der Waals surface area contributed by atoms with Gasteiger partial charge in [0, 0.05) is 26.2 Å². The van der Waals surface area contributed by atoms with E-state index in [-0.39, 0.29) is 0 Å². The zero-order valence-electron chi connectivity index (χ0n) is 15.8. The van der Waals surface area contributed by atoms with Gasteiger partial charge in [0.25, 0.3) is 0 Å². The summed E-state index contributed by atoms with van der Waals surface area (Å²) in [6.45, 7) is 6.09. The van der Waals surface area contributed by atoms with Crippen LogP contribution in [0.4, 0.5) is 0 Å². The van der Waals surface area contributed by atoms with Gasteiger partial charge in [-0.2, -0.15) is 0 Å². The molecule has 0 unspecified atom stereocenters. The van der Waals surface area contributed by atoms with Crippen molar-refractivity contribution < 1.29 is 9.47 Å². The molecule has 2 fully saturated rings. The summed E-state index contributed by atoms with van der Waals surface area (Å²) in [6, 6.07) is 5.93. The van der Waals surface area contributed by atoms with E-state index < -0.39 is 0 Å². The number of methoxy groups -OCH3 is 2. The van der Waals surface area contributed by atoms with E-state index in [1.807, 2.05) is 18.2 Å². The van der Waals surface area contributed by atoms with E-state index in [9.17, 15) is 0 Å². The van der Waals surface area contributed by atoms with Crippen LogP contribution in [-0.2, 0) is 6.42 Å². The molecule has 138 valence electrons. The Balaban J connectivity index is 1.64. The molecule has 0 aromatic heterocycles. The molecule has 0 bridgehead atoms. The van der Waals surface area contributed by atoms with Crippen molar-refractivity contribution in [1.29, 1.82) is 0 Å². The Morgan fingerprint density at radius 1 is 1.24 bits per heavy atom. The summed E-state index contributed by atoms with van der Waals surface area (Å²) in [7, 11) is 3.40. The normalized spacial score (nSPS) is 19.0. The molecule has 25 heavy (non-hydrogen) atoms. The Hall–Kier alpha value is -1.91. The molecule has 1 spiro atoms. The van der Waals surface area contributed by atoms with Gasteiger partial charge in [-0.3, -0.25) is 4.99 Å². The van der Waals surface area contributed by atoms with E-state index in [0.29, 0.717) is 5.41 Å². The van der Waals surface area contributed by atoms with E-state index in [2.05, 4.69) is 17.1 Å². The number of likely N-dealkylation sites (tertiary alicyclic amines) is 1. The van der Waals surface area contributed by atoms with Crippen LogP contribution in [0.3, 0.4) is 0 Å². The Morgan fingerprint density at radius 2 is 2.08 bits per heavy atom. The maximum absolute atomic E-state index is 5.47. The molecule has 0 amide bonds. The topological polar surface area (TPSA) is 46.1 Å². The zero-order valence-corrected chi connectivity index (χ0v) is 15.8. The number of guanidine groups is 1. The molecule has 2 aliphatic rings. The highest BCUT2D eigenvalue weighted by Crippen LogP contribution is 2.47. The Bertz CT molecular complexity index is 611. The minimum Gasteiger partial charge on any atom is -0.497 e. The second kappa shape index (κ2) is 7.98. The molecule has 1 aliphatic carbocycles. The molecule has 1 saturated heterocycles. The summed E-state index contributed by atoms with van der Waals surface area (Å²) in [6.07, 6.45) is 6.35. The number of hydrogen-bond acceptors (Lipinski definition) is 3. The van der Waals surface area contributed by atoms with Crippen molar-refractivity contribution in [3.63, 3.8) is 0 Å². The van der Waals surface area contributed by atoms with Crippen molar-refractivity contribution in [1.82, 2.24) is 10.2 Å². The second-order valence-electron chi connectivity index (χ2n) is 7.19. The minimum absolute atomic E-state index is 0.589. The first-order valence-corrected chi connectivity index (χ1v) is 9.44. The van der Waals surface area contributed by atoms with Gasteiger partial charge in [-0.15, -0.1) is 0 Å². The number of nitrogens with zero attached hydrogens (tertiary/aromatic N) is 2. The Morgan fingerprint density at radius 3 is 2.68 bits per heavy atom. The highest BCUT2D eigenvalue weighted by atomic mass is 16.5. The number of rotatable bonds is 6. The van der Waals surface area contributed by atoms with Crippen LogP contribution in [0.15, 0.2) is 23.2 Å². The van der Waals surface area contributed by atoms with Crippen molar-refractivity contribution in [2.24, 2.45) is 10.4 Å². The molecule has 1 aliphatic heterocycles. The monoisotopic (exact) mass is 345 g/mol. The third kappa shape index (κ3) is 4.02. The third-order valence-corrected chi connectivity index (χ3v) is 5.62. The molecule has 1 aromatic rings. The number of benzene rings is 1. The van der Waals surface area contributed by atoms with Gasteiger partial charge < -0.3 is 19.7 Å². The maximum atomic E-state index is 5.47. The van der Waals surface area contributed by atoms with Crippen LogP contribution in [0, 0.1) is 5.41 Å². The Labute approximate surface area is 151 Å². The van der Waals surface area contributed by atoms with E-state index in [0.717, 1.165) is 49.1 Å². The van der Waals surface area contributed by atoms with E-state index in [4.69, 9.17) is 14.5 Å². The third-order valence-electron chi connectivity index (χ3n) is 5.62. The SMILES string of the molecule is CCNC(=NCCc1cc(OC)ccc1OC)N1CCC2(CCC2)C1. The lowest BCUT2D eigenvalue weighted by molar-refractivity contribution is 0.151. The van der Waals surface area contributed by atoms with Crippen LogP contribution < -0.4 is 14.8 Å². The second-order valence-corrected chi connectivity index (χ2v) is 7.19. The fraction of sp³-hybridized carbons (Fsp3) is 0.650. The quantitative estimate of drug-likeness (QED) is 0.636. The molecule has 0 radical (unpaired) electrons. The van der Waals surface area contributed by atoms with Crippen molar-refractivity contribution in [2.75, 3.05) is 40.4 Å². The van der Waals surface area contributed by atoms with E-state index in [1.165, 1.54) is 32.2 Å². The summed E-state index contributed by atoms with van der Waals surface area (Å²) in [5, 5.41) is 3.47. The summed E-state index contributed by atoms with van der Waals surface area (Å²) in [4.78, 5) is 7.33.